The molecule has 2 N–H and O–H groups in total. The average molecular weight is 409 g/mol. The van der Waals surface area contributed by atoms with E-state index in [2.05, 4.69) is 4.98 Å². The summed E-state index contributed by atoms with van der Waals surface area (Å²) in [5.74, 6) is -1.28. The molecule has 1 aromatic carbocycles. The molecule has 30 heavy (non-hydrogen) atoms. The second-order valence-electron chi connectivity index (χ2n) is 7.36. The number of fused-ring (bicyclic) bond motifs is 5. The molecule has 10 heteroatoms. The van der Waals surface area contributed by atoms with Crippen LogP contribution >= 0.6 is 0 Å². The standard InChI is InChI=1S/C20H15N3O7/c1-2-20(27)12-6-14-16-9(7-22(14)18(25)11(12)8-30-19(20)26)5-10-13(21-16)3-4-15(24)17(10)23(28)29/h3-6,24,27H,2,7-8H2,1H3/t20-/m0/s1. The zero-order valence-electron chi connectivity index (χ0n) is 15.7. The zero-order valence-corrected chi connectivity index (χ0v) is 15.7. The normalized spacial score (nSPS) is 19.2. The van der Waals surface area contributed by atoms with Crippen LogP contribution in [0.15, 0.2) is 29.1 Å². The lowest BCUT2D eigenvalue weighted by Crippen LogP contribution is -2.44. The molecule has 1 atom stereocenters. The molecule has 0 spiro atoms. The molecule has 0 saturated carbocycles. The molecule has 2 aliphatic heterocycles. The number of phenolic OH excluding ortho intramolecular Hbond substituents is 1. The van der Waals surface area contributed by atoms with Gasteiger partial charge in [0, 0.05) is 11.1 Å². The van der Waals surface area contributed by atoms with Crippen molar-refractivity contribution in [1.29, 1.82) is 0 Å². The van der Waals surface area contributed by atoms with Crippen LogP contribution in [-0.4, -0.2) is 30.7 Å². The number of aromatic nitrogens is 2. The van der Waals surface area contributed by atoms with Gasteiger partial charge in [-0.2, -0.15) is 0 Å². The van der Waals surface area contributed by atoms with Crippen molar-refractivity contribution in [3.05, 3.63) is 61.4 Å². The third-order valence-corrected chi connectivity index (χ3v) is 5.82. The zero-order chi connectivity index (χ0) is 21.4. The first-order valence-corrected chi connectivity index (χ1v) is 9.23. The van der Waals surface area contributed by atoms with E-state index < -0.39 is 33.5 Å². The number of nitro benzene ring substituents is 1. The quantitative estimate of drug-likeness (QED) is 0.289. The highest BCUT2D eigenvalue weighted by atomic mass is 16.6. The Morgan fingerprint density at radius 1 is 1.33 bits per heavy atom. The lowest BCUT2D eigenvalue weighted by molar-refractivity contribution is -0.384. The van der Waals surface area contributed by atoms with Crippen molar-refractivity contribution in [2.75, 3.05) is 0 Å². The second-order valence-corrected chi connectivity index (χ2v) is 7.36. The summed E-state index contributed by atoms with van der Waals surface area (Å²) in [7, 11) is 0. The van der Waals surface area contributed by atoms with Crippen molar-refractivity contribution >= 4 is 22.6 Å². The number of aromatic hydroxyl groups is 1. The Morgan fingerprint density at radius 3 is 2.80 bits per heavy atom. The van der Waals surface area contributed by atoms with E-state index in [1.165, 1.54) is 22.8 Å². The summed E-state index contributed by atoms with van der Waals surface area (Å²) in [5.41, 5.74) is -0.719. The maximum atomic E-state index is 13.1. The Hall–Kier alpha value is -3.79. The van der Waals surface area contributed by atoms with Crippen molar-refractivity contribution < 1.29 is 24.7 Å². The number of rotatable bonds is 2. The van der Waals surface area contributed by atoms with Crippen molar-refractivity contribution in [3.63, 3.8) is 0 Å². The van der Waals surface area contributed by atoms with Crippen LogP contribution < -0.4 is 5.56 Å². The minimum absolute atomic E-state index is 0.0329. The molecule has 0 bridgehead atoms. The third kappa shape index (κ3) is 2.19. The summed E-state index contributed by atoms with van der Waals surface area (Å²) >= 11 is 0. The van der Waals surface area contributed by atoms with Crippen molar-refractivity contribution in [2.24, 2.45) is 0 Å². The molecule has 2 aromatic heterocycles. The van der Waals surface area contributed by atoms with E-state index in [4.69, 9.17) is 4.74 Å². The fourth-order valence-corrected chi connectivity index (χ4v) is 4.22. The van der Waals surface area contributed by atoms with E-state index in [9.17, 15) is 29.9 Å². The molecule has 5 rings (SSSR count). The summed E-state index contributed by atoms with van der Waals surface area (Å²) in [5, 5.41) is 32.3. The Labute approximate surface area is 168 Å². The van der Waals surface area contributed by atoms with E-state index in [1.807, 2.05) is 0 Å². The molecule has 0 unspecified atom stereocenters. The fraction of sp³-hybridized carbons (Fsp3) is 0.250. The maximum Gasteiger partial charge on any atom is 0.343 e. The molecule has 0 fully saturated rings. The van der Waals surface area contributed by atoms with Crippen LogP contribution in [-0.2, 0) is 28.3 Å². The van der Waals surface area contributed by atoms with Crippen LogP contribution in [0.3, 0.4) is 0 Å². The molecule has 3 aromatic rings. The van der Waals surface area contributed by atoms with Crippen LogP contribution in [0.25, 0.3) is 22.3 Å². The maximum absolute atomic E-state index is 13.1. The first-order chi connectivity index (χ1) is 14.3. The first kappa shape index (κ1) is 18.3. The average Bonchev–Trinajstić information content (AvgIpc) is 3.07. The number of hydrogen-bond donors (Lipinski definition) is 2. The largest absolute Gasteiger partial charge is 0.502 e. The number of nitrogens with zero attached hydrogens (tertiary/aromatic N) is 3. The van der Waals surface area contributed by atoms with Gasteiger partial charge in [-0.1, -0.05) is 6.92 Å². The molecular weight excluding hydrogens is 394 g/mol. The van der Waals surface area contributed by atoms with E-state index in [1.54, 1.807) is 13.0 Å². The lowest BCUT2D eigenvalue weighted by atomic mass is 9.86. The number of aliphatic hydroxyl groups is 1. The van der Waals surface area contributed by atoms with Gasteiger partial charge in [0.25, 0.3) is 5.56 Å². The van der Waals surface area contributed by atoms with Gasteiger partial charge in [0.2, 0.25) is 0 Å². The fourth-order valence-electron chi connectivity index (χ4n) is 4.22. The molecule has 0 aliphatic carbocycles. The SMILES string of the molecule is CC[C@@]1(O)C(=O)OCc2c1cc1n(c2=O)Cc2cc3c([N+](=O)[O-])c(O)ccc3nc2-1. The molecule has 0 amide bonds. The smallest absolute Gasteiger partial charge is 0.343 e. The summed E-state index contributed by atoms with van der Waals surface area (Å²) in [6.07, 6.45) is 0.0329. The van der Waals surface area contributed by atoms with Crippen LogP contribution in [0.1, 0.15) is 30.0 Å². The Morgan fingerprint density at radius 2 is 2.10 bits per heavy atom. The molecule has 4 heterocycles. The number of carbonyl (C=O) groups is 1. The Kier molecular flexibility index (Phi) is 3.57. The predicted molar refractivity (Wildman–Crippen MR) is 103 cm³/mol. The van der Waals surface area contributed by atoms with Gasteiger partial charge in [-0.05, 0) is 30.7 Å². The van der Waals surface area contributed by atoms with Gasteiger partial charge < -0.3 is 19.5 Å². The molecule has 2 aliphatic rings. The highest BCUT2D eigenvalue weighted by molar-refractivity contribution is 5.93. The van der Waals surface area contributed by atoms with Crippen molar-refractivity contribution in [2.45, 2.75) is 32.1 Å². The van der Waals surface area contributed by atoms with Gasteiger partial charge in [0.15, 0.2) is 11.4 Å². The number of nitro groups is 1. The lowest BCUT2D eigenvalue weighted by Gasteiger charge is -2.31. The second kappa shape index (κ2) is 5.86. The van der Waals surface area contributed by atoms with Gasteiger partial charge in [-0.15, -0.1) is 0 Å². The monoisotopic (exact) mass is 409 g/mol. The first-order valence-electron chi connectivity index (χ1n) is 9.23. The number of cyclic esters (lactones) is 1. The van der Waals surface area contributed by atoms with Crippen molar-refractivity contribution in [3.8, 4) is 17.1 Å². The topological polar surface area (TPSA) is 145 Å². The number of carbonyl (C=O) groups excluding carboxylic acids is 1. The van der Waals surface area contributed by atoms with Gasteiger partial charge >= 0.3 is 11.7 Å². The molecule has 10 nitrogen and oxygen atoms in total. The van der Waals surface area contributed by atoms with E-state index in [-0.39, 0.29) is 41.6 Å². The van der Waals surface area contributed by atoms with Gasteiger partial charge in [-0.25, -0.2) is 9.78 Å². The highest BCUT2D eigenvalue weighted by Gasteiger charge is 2.45. The van der Waals surface area contributed by atoms with E-state index >= 15 is 0 Å². The Bertz CT molecular complexity index is 1360. The Balaban J connectivity index is 1.80. The van der Waals surface area contributed by atoms with Gasteiger partial charge in [-0.3, -0.25) is 14.9 Å². The van der Waals surface area contributed by atoms with Crippen LogP contribution in [0.2, 0.25) is 0 Å². The van der Waals surface area contributed by atoms with Gasteiger partial charge in [0.1, 0.15) is 6.61 Å². The number of esters is 1. The molecule has 0 radical (unpaired) electrons. The predicted octanol–water partition coefficient (Wildman–Crippen LogP) is 1.69. The van der Waals surface area contributed by atoms with Crippen molar-refractivity contribution in [1.82, 2.24) is 9.55 Å². The van der Waals surface area contributed by atoms with Crippen LogP contribution in [0.5, 0.6) is 5.75 Å². The minimum Gasteiger partial charge on any atom is -0.502 e. The summed E-state index contributed by atoms with van der Waals surface area (Å²) in [4.78, 5) is 40.5. The minimum atomic E-state index is -1.92. The highest BCUT2D eigenvalue weighted by Crippen LogP contribution is 2.41. The van der Waals surface area contributed by atoms with Crippen LogP contribution in [0, 0.1) is 10.1 Å². The number of phenols is 1. The number of pyridine rings is 2. The molecule has 0 saturated heterocycles. The van der Waals surface area contributed by atoms with Crippen LogP contribution in [0.4, 0.5) is 5.69 Å². The van der Waals surface area contributed by atoms with E-state index in [0.29, 0.717) is 17.0 Å². The third-order valence-electron chi connectivity index (χ3n) is 5.82. The van der Waals surface area contributed by atoms with E-state index in [0.717, 1.165) is 0 Å². The van der Waals surface area contributed by atoms with Gasteiger partial charge in [0.05, 0.1) is 39.3 Å². The molecule has 152 valence electrons. The number of benzene rings is 1. The summed E-state index contributed by atoms with van der Waals surface area (Å²) < 4.78 is 6.47. The number of ether oxygens (including phenoxy) is 1. The molecular formula is C20H15N3O7. The summed E-state index contributed by atoms with van der Waals surface area (Å²) in [6.45, 7) is 1.50. The summed E-state index contributed by atoms with van der Waals surface area (Å²) in [6, 6.07) is 5.76. The number of hydrogen-bond acceptors (Lipinski definition) is 8.